The van der Waals surface area contributed by atoms with Gasteiger partial charge in [-0.2, -0.15) is 0 Å². The number of aromatic nitrogens is 1. The van der Waals surface area contributed by atoms with Crippen molar-refractivity contribution in [2.45, 2.75) is 24.0 Å². The van der Waals surface area contributed by atoms with Crippen LogP contribution in [0.5, 0.6) is 5.75 Å². The topological polar surface area (TPSA) is 103 Å². The highest BCUT2D eigenvalue weighted by Crippen LogP contribution is 2.30. The van der Waals surface area contributed by atoms with Crippen LogP contribution in [-0.2, 0) is 10.0 Å². The first-order valence-electron chi connectivity index (χ1n) is 5.71. The SMILES string of the molecule is CN(C)C(=O)c1ccc(OC2CC2)c(S(N)(=O)=O)n1. The Hall–Kier alpha value is -1.67. The Morgan fingerprint density at radius 2 is 2.05 bits per heavy atom. The Balaban J connectivity index is 2.44. The zero-order valence-corrected chi connectivity index (χ0v) is 11.5. The van der Waals surface area contributed by atoms with E-state index in [9.17, 15) is 13.2 Å². The fraction of sp³-hybridized carbons (Fsp3) is 0.455. The third kappa shape index (κ3) is 3.21. The second kappa shape index (κ2) is 4.78. The summed E-state index contributed by atoms with van der Waals surface area (Å²) in [4.78, 5) is 16.9. The van der Waals surface area contributed by atoms with Gasteiger partial charge in [-0.3, -0.25) is 4.79 Å². The summed E-state index contributed by atoms with van der Waals surface area (Å²) in [6, 6.07) is 2.84. The van der Waals surface area contributed by atoms with Gasteiger partial charge in [-0.1, -0.05) is 0 Å². The van der Waals surface area contributed by atoms with E-state index in [1.165, 1.54) is 17.0 Å². The third-order valence-corrected chi connectivity index (χ3v) is 3.37. The smallest absolute Gasteiger partial charge is 0.271 e. The first-order chi connectivity index (χ1) is 8.79. The lowest BCUT2D eigenvalue weighted by Crippen LogP contribution is -2.24. The minimum atomic E-state index is -4.04. The monoisotopic (exact) mass is 285 g/mol. The molecule has 1 heterocycles. The molecule has 1 saturated carbocycles. The van der Waals surface area contributed by atoms with Gasteiger partial charge in [0, 0.05) is 14.1 Å². The van der Waals surface area contributed by atoms with Gasteiger partial charge in [0.1, 0.15) is 5.69 Å². The lowest BCUT2D eigenvalue weighted by atomic mass is 10.3. The number of rotatable bonds is 4. The first-order valence-corrected chi connectivity index (χ1v) is 7.26. The number of nitrogens with zero attached hydrogens (tertiary/aromatic N) is 2. The van der Waals surface area contributed by atoms with Crippen molar-refractivity contribution in [2.24, 2.45) is 5.14 Å². The van der Waals surface area contributed by atoms with Gasteiger partial charge in [-0.05, 0) is 25.0 Å². The minimum absolute atomic E-state index is 0.0113. The second-order valence-electron chi connectivity index (χ2n) is 4.56. The van der Waals surface area contributed by atoms with Crippen LogP contribution in [-0.4, -0.2) is 44.4 Å². The molecule has 0 aromatic carbocycles. The molecular weight excluding hydrogens is 270 g/mol. The molecule has 1 aromatic rings. The van der Waals surface area contributed by atoms with Gasteiger partial charge in [0.25, 0.3) is 15.9 Å². The van der Waals surface area contributed by atoms with Crippen LogP contribution >= 0.6 is 0 Å². The lowest BCUT2D eigenvalue weighted by molar-refractivity contribution is 0.0821. The highest BCUT2D eigenvalue weighted by atomic mass is 32.2. The van der Waals surface area contributed by atoms with Crippen molar-refractivity contribution in [3.8, 4) is 5.75 Å². The van der Waals surface area contributed by atoms with Gasteiger partial charge in [0.05, 0.1) is 6.10 Å². The number of amides is 1. The number of sulfonamides is 1. The standard InChI is InChI=1S/C11H15N3O4S/c1-14(2)11(15)8-5-6-9(18-7-3-4-7)10(13-8)19(12,16)17/h5-7H,3-4H2,1-2H3,(H2,12,16,17). The number of ether oxygens (including phenoxy) is 1. The maximum absolute atomic E-state index is 11.8. The molecule has 1 aromatic heterocycles. The summed E-state index contributed by atoms with van der Waals surface area (Å²) < 4.78 is 28.5. The highest BCUT2D eigenvalue weighted by Gasteiger charge is 2.28. The van der Waals surface area contributed by atoms with Gasteiger partial charge in [0.2, 0.25) is 5.03 Å². The molecule has 0 spiro atoms. The number of carbonyl (C=O) groups excluding carboxylic acids is 1. The fourth-order valence-electron chi connectivity index (χ4n) is 1.43. The molecule has 1 amide bonds. The molecule has 0 bridgehead atoms. The molecule has 0 saturated heterocycles. The Bertz CT molecular complexity index is 608. The summed E-state index contributed by atoms with van der Waals surface area (Å²) in [6.07, 6.45) is 1.77. The van der Waals surface area contributed by atoms with Crippen LogP contribution in [0, 0.1) is 0 Å². The van der Waals surface area contributed by atoms with Crippen molar-refractivity contribution >= 4 is 15.9 Å². The van der Waals surface area contributed by atoms with Crippen molar-refractivity contribution in [2.75, 3.05) is 14.1 Å². The summed E-state index contributed by atoms with van der Waals surface area (Å²) in [6.45, 7) is 0. The molecule has 0 radical (unpaired) electrons. The van der Waals surface area contributed by atoms with Crippen LogP contribution < -0.4 is 9.88 Å². The number of primary sulfonamides is 1. The van der Waals surface area contributed by atoms with Crippen LogP contribution in [0.2, 0.25) is 0 Å². The highest BCUT2D eigenvalue weighted by molar-refractivity contribution is 7.89. The minimum Gasteiger partial charge on any atom is -0.487 e. The molecule has 2 N–H and O–H groups in total. The van der Waals surface area contributed by atoms with Gasteiger partial charge in [-0.25, -0.2) is 18.5 Å². The number of nitrogens with two attached hydrogens (primary N) is 1. The molecular formula is C11H15N3O4S. The van der Waals surface area contributed by atoms with Crippen molar-refractivity contribution < 1.29 is 17.9 Å². The maximum atomic E-state index is 11.8. The molecule has 19 heavy (non-hydrogen) atoms. The maximum Gasteiger partial charge on any atom is 0.271 e. The summed E-state index contributed by atoms with van der Waals surface area (Å²) in [7, 11) is -0.938. The van der Waals surface area contributed by atoms with Gasteiger partial charge in [0.15, 0.2) is 5.75 Å². The molecule has 7 nitrogen and oxygen atoms in total. The lowest BCUT2D eigenvalue weighted by Gasteiger charge is -2.12. The van der Waals surface area contributed by atoms with E-state index in [4.69, 9.17) is 9.88 Å². The molecule has 1 aliphatic carbocycles. The largest absolute Gasteiger partial charge is 0.487 e. The Labute approximate surface area is 111 Å². The van der Waals surface area contributed by atoms with E-state index in [0.717, 1.165) is 12.8 Å². The molecule has 0 aliphatic heterocycles. The van der Waals surface area contributed by atoms with Crippen LogP contribution in [0.15, 0.2) is 17.2 Å². The van der Waals surface area contributed by atoms with Crippen LogP contribution in [0.25, 0.3) is 0 Å². The van der Waals surface area contributed by atoms with Crippen molar-refractivity contribution in [1.82, 2.24) is 9.88 Å². The average Bonchev–Trinajstić information content (AvgIpc) is 3.11. The molecule has 104 valence electrons. The van der Waals surface area contributed by atoms with Crippen molar-refractivity contribution in [3.05, 3.63) is 17.8 Å². The molecule has 0 atom stereocenters. The van der Waals surface area contributed by atoms with Gasteiger partial charge >= 0.3 is 0 Å². The third-order valence-electron chi connectivity index (χ3n) is 2.54. The summed E-state index contributed by atoms with van der Waals surface area (Å²) in [5, 5.41) is 4.71. The summed E-state index contributed by atoms with van der Waals surface area (Å²) in [5.74, 6) is -0.303. The van der Waals surface area contributed by atoms with E-state index in [1.54, 1.807) is 14.1 Å². The number of hydrogen-bond acceptors (Lipinski definition) is 5. The number of pyridine rings is 1. The quantitative estimate of drug-likeness (QED) is 0.837. The van der Waals surface area contributed by atoms with Crippen LogP contribution in [0.1, 0.15) is 23.3 Å². The van der Waals surface area contributed by atoms with E-state index in [1.807, 2.05) is 0 Å². The molecule has 1 fully saturated rings. The molecule has 1 aliphatic rings. The van der Waals surface area contributed by atoms with E-state index in [0.29, 0.717) is 0 Å². The average molecular weight is 285 g/mol. The second-order valence-corrected chi connectivity index (χ2v) is 6.04. The Morgan fingerprint density at radius 1 is 1.42 bits per heavy atom. The van der Waals surface area contributed by atoms with Gasteiger partial charge < -0.3 is 9.64 Å². The zero-order chi connectivity index (χ0) is 14.2. The van der Waals surface area contributed by atoms with Crippen molar-refractivity contribution in [3.63, 3.8) is 0 Å². The zero-order valence-electron chi connectivity index (χ0n) is 10.7. The van der Waals surface area contributed by atoms with E-state index >= 15 is 0 Å². The molecule has 2 rings (SSSR count). The summed E-state index contributed by atoms with van der Waals surface area (Å²) >= 11 is 0. The molecule has 0 unspecified atom stereocenters. The van der Waals surface area contributed by atoms with Crippen molar-refractivity contribution in [1.29, 1.82) is 0 Å². The van der Waals surface area contributed by atoms with E-state index in [-0.39, 0.29) is 17.5 Å². The van der Waals surface area contributed by atoms with Crippen LogP contribution in [0.4, 0.5) is 0 Å². The fourth-order valence-corrected chi connectivity index (χ4v) is 2.06. The Kier molecular flexibility index (Phi) is 3.46. The van der Waals surface area contributed by atoms with Gasteiger partial charge in [-0.15, -0.1) is 0 Å². The number of hydrogen-bond donors (Lipinski definition) is 1. The first kappa shape index (κ1) is 13.8. The number of carbonyl (C=O) groups is 1. The van der Waals surface area contributed by atoms with E-state index in [2.05, 4.69) is 4.98 Å². The normalized spacial score (nSPS) is 15.1. The Morgan fingerprint density at radius 3 is 2.53 bits per heavy atom. The van der Waals surface area contributed by atoms with E-state index < -0.39 is 21.0 Å². The van der Waals surface area contributed by atoms with Crippen LogP contribution in [0.3, 0.4) is 0 Å². The predicted octanol–water partition coefficient (Wildman–Crippen LogP) is -0.0280. The predicted molar refractivity (Wildman–Crippen MR) is 67.3 cm³/mol. The summed E-state index contributed by atoms with van der Waals surface area (Å²) in [5.41, 5.74) is 0.0113. The molecule has 8 heteroatoms.